The molecule has 4 heteroatoms. The molecule has 0 fully saturated rings. The van der Waals surface area contributed by atoms with Crippen molar-refractivity contribution in [1.82, 2.24) is 0 Å². The van der Waals surface area contributed by atoms with Crippen molar-refractivity contribution in [2.75, 3.05) is 0 Å². The summed E-state index contributed by atoms with van der Waals surface area (Å²) in [6, 6.07) is 0. The maximum atomic E-state index is 10.9. The number of rotatable bonds is 5. The number of hydrogen-bond donors (Lipinski definition) is 2. The highest BCUT2D eigenvalue weighted by atomic mass is 16.4. The van der Waals surface area contributed by atoms with Crippen LogP contribution in [-0.2, 0) is 9.59 Å². The van der Waals surface area contributed by atoms with Gasteiger partial charge < -0.3 is 10.2 Å². The molecule has 78 valence electrons. The summed E-state index contributed by atoms with van der Waals surface area (Å²) in [5.74, 6) is -2.43. The van der Waals surface area contributed by atoms with Crippen molar-refractivity contribution in [3.8, 4) is 0 Å². The average Bonchev–Trinajstić information content (AvgIpc) is 2.56. The van der Waals surface area contributed by atoms with Gasteiger partial charge in [-0.25, -0.2) is 0 Å². The van der Waals surface area contributed by atoms with E-state index in [1.165, 1.54) is 0 Å². The Kier molecular flexibility index (Phi) is 3.68. The van der Waals surface area contributed by atoms with Crippen molar-refractivity contribution in [2.45, 2.75) is 32.1 Å². The molecule has 0 aliphatic heterocycles. The predicted molar refractivity (Wildman–Crippen MR) is 49.9 cm³/mol. The topological polar surface area (TPSA) is 74.6 Å². The minimum Gasteiger partial charge on any atom is -0.481 e. The monoisotopic (exact) mass is 198 g/mol. The van der Waals surface area contributed by atoms with Crippen LogP contribution < -0.4 is 0 Å². The third-order valence-corrected chi connectivity index (χ3v) is 2.47. The Morgan fingerprint density at radius 3 is 2.57 bits per heavy atom. The van der Waals surface area contributed by atoms with Gasteiger partial charge in [0.15, 0.2) is 0 Å². The molecule has 1 aliphatic rings. The molecule has 1 rings (SSSR count). The lowest BCUT2D eigenvalue weighted by Gasteiger charge is -2.11. The Hall–Kier alpha value is -1.32. The number of aliphatic carboxylic acids is 2. The first-order valence-electron chi connectivity index (χ1n) is 4.75. The van der Waals surface area contributed by atoms with Gasteiger partial charge in [-0.1, -0.05) is 11.6 Å². The van der Waals surface area contributed by atoms with Gasteiger partial charge >= 0.3 is 11.9 Å². The number of hydrogen-bond acceptors (Lipinski definition) is 2. The first-order chi connectivity index (χ1) is 6.61. The van der Waals surface area contributed by atoms with Crippen LogP contribution in [0.1, 0.15) is 32.1 Å². The van der Waals surface area contributed by atoms with E-state index in [4.69, 9.17) is 10.2 Å². The Labute approximate surface area is 82.2 Å². The van der Waals surface area contributed by atoms with Gasteiger partial charge in [-0.3, -0.25) is 9.59 Å². The number of carboxylic acid groups (broad SMARTS) is 2. The molecule has 1 unspecified atom stereocenters. The van der Waals surface area contributed by atoms with Crippen molar-refractivity contribution in [1.29, 1.82) is 0 Å². The second-order valence-corrected chi connectivity index (χ2v) is 3.49. The fraction of sp³-hybridized carbons (Fsp3) is 0.600. The van der Waals surface area contributed by atoms with Crippen molar-refractivity contribution >= 4 is 11.9 Å². The molecular weight excluding hydrogens is 184 g/mol. The quantitative estimate of drug-likeness (QED) is 0.659. The molecule has 4 nitrogen and oxygen atoms in total. The highest BCUT2D eigenvalue weighted by Crippen LogP contribution is 2.28. The fourth-order valence-corrected chi connectivity index (χ4v) is 1.75. The molecule has 0 aromatic carbocycles. The van der Waals surface area contributed by atoms with E-state index < -0.39 is 17.9 Å². The van der Waals surface area contributed by atoms with Gasteiger partial charge in [0, 0.05) is 6.42 Å². The molecule has 0 bridgehead atoms. The van der Waals surface area contributed by atoms with E-state index in [-0.39, 0.29) is 12.8 Å². The molecule has 0 aromatic rings. The van der Waals surface area contributed by atoms with Crippen LogP contribution in [0.3, 0.4) is 0 Å². The second kappa shape index (κ2) is 4.79. The summed E-state index contributed by atoms with van der Waals surface area (Å²) in [7, 11) is 0. The molecule has 2 N–H and O–H groups in total. The lowest BCUT2D eigenvalue weighted by Crippen LogP contribution is -2.16. The first kappa shape index (κ1) is 10.8. The van der Waals surface area contributed by atoms with Gasteiger partial charge in [0.25, 0.3) is 0 Å². The second-order valence-electron chi connectivity index (χ2n) is 3.49. The number of carbonyl (C=O) groups is 2. The molecule has 0 spiro atoms. The molecular formula is C10H14O4. The molecule has 0 saturated heterocycles. The zero-order valence-electron chi connectivity index (χ0n) is 7.90. The molecule has 1 atom stereocenters. The van der Waals surface area contributed by atoms with Crippen LogP contribution in [-0.4, -0.2) is 22.2 Å². The van der Waals surface area contributed by atoms with E-state index in [9.17, 15) is 9.59 Å². The van der Waals surface area contributed by atoms with Crippen molar-refractivity contribution in [3.05, 3.63) is 11.6 Å². The average molecular weight is 198 g/mol. The third kappa shape index (κ3) is 2.87. The maximum absolute atomic E-state index is 10.9. The summed E-state index contributed by atoms with van der Waals surface area (Å²) >= 11 is 0. The Morgan fingerprint density at radius 1 is 1.43 bits per heavy atom. The van der Waals surface area contributed by atoms with Gasteiger partial charge in [-0.2, -0.15) is 0 Å². The Morgan fingerprint density at radius 2 is 2.14 bits per heavy atom. The molecule has 0 saturated carbocycles. The van der Waals surface area contributed by atoms with E-state index in [1.54, 1.807) is 0 Å². The van der Waals surface area contributed by atoms with Gasteiger partial charge in [-0.05, 0) is 25.7 Å². The zero-order valence-corrected chi connectivity index (χ0v) is 7.90. The minimum absolute atomic E-state index is 0.0751. The summed E-state index contributed by atoms with van der Waals surface area (Å²) < 4.78 is 0. The van der Waals surface area contributed by atoms with Crippen LogP contribution in [0, 0.1) is 5.92 Å². The van der Waals surface area contributed by atoms with E-state index in [0.29, 0.717) is 0 Å². The van der Waals surface area contributed by atoms with E-state index in [1.807, 2.05) is 6.08 Å². The van der Waals surface area contributed by atoms with Gasteiger partial charge in [0.1, 0.15) is 0 Å². The molecule has 0 heterocycles. The van der Waals surface area contributed by atoms with Crippen LogP contribution in [0.4, 0.5) is 0 Å². The summed E-state index contributed by atoms with van der Waals surface area (Å²) in [5.41, 5.74) is 0.902. The van der Waals surface area contributed by atoms with Crippen LogP contribution in [0.25, 0.3) is 0 Å². The summed E-state index contributed by atoms with van der Waals surface area (Å²) in [4.78, 5) is 21.2. The van der Waals surface area contributed by atoms with E-state index in [2.05, 4.69) is 0 Å². The zero-order chi connectivity index (χ0) is 10.6. The SMILES string of the molecule is O=C(O)CCC(C(=O)O)C1=CCCC1. The maximum Gasteiger partial charge on any atom is 0.310 e. The van der Waals surface area contributed by atoms with Crippen LogP contribution in [0.5, 0.6) is 0 Å². The van der Waals surface area contributed by atoms with Gasteiger partial charge in [0.2, 0.25) is 0 Å². The normalized spacial score (nSPS) is 17.6. The number of carboxylic acids is 2. The molecule has 0 amide bonds. The van der Waals surface area contributed by atoms with E-state index in [0.717, 1.165) is 24.8 Å². The van der Waals surface area contributed by atoms with E-state index >= 15 is 0 Å². The molecule has 0 aromatic heterocycles. The standard InChI is InChI=1S/C10H14O4/c11-9(12)6-5-8(10(13)14)7-3-1-2-4-7/h3,8H,1-2,4-6H2,(H,11,12)(H,13,14). The summed E-state index contributed by atoms with van der Waals surface area (Å²) in [6.07, 6.45) is 4.78. The number of allylic oxidation sites excluding steroid dienone is 1. The van der Waals surface area contributed by atoms with Crippen molar-refractivity contribution < 1.29 is 19.8 Å². The van der Waals surface area contributed by atoms with Gasteiger partial charge in [-0.15, -0.1) is 0 Å². The van der Waals surface area contributed by atoms with Crippen molar-refractivity contribution in [2.24, 2.45) is 5.92 Å². The minimum atomic E-state index is -0.935. The molecule has 1 aliphatic carbocycles. The van der Waals surface area contributed by atoms with Crippen LogP contribution in [0.15, 0.2) is 11.6 Å². The van der Waals surface area contributed by atoms with Gasteiger partial charge in [0.05, 0.1) is 5.92 Å². The summed E-state index contributed by atoms with van der Waals surface area (Å²) in [5, 5.41) is 17.4. The first-order valence-corrected chi connectivity index (χ1v) is 4.75. The largest absolute Gasteiger partial charge is 0.481 e. The summed E-state index contributed by atoms with van der Waals surface area (Å²) in [6.45, 7) is 0. The van der Waals surface area contributed by atoms with Crippen molar-refractivity contribution in [3.63, 3.8) is 0 Å². The van der Waals surface area contributed by atoms with Crippen LogP contribution in [0.2, 0.25) is 0 Å². The fourth-order valence-electron chi connectivity index (χ4n) is 1.75. The lowest BCUT2D eigenvalue weighted by atomic mass is 9.94. The van der Waals surface area contributed by atoms with Crippen LogP contribution >= 0.6 is 0 Å². The molecule has 14 heavy (non-hydrogen) atoms. The highest BCUT2D eigenvalue weighted by molar-refractivity contribution is 5.75. The smallest absolute Gasteiger partial charge is 0.310 e. The Balaban J connectivity index is 2.55. The highest BCUT2D eigenvalue weighted by Gasteiger charge is 2.24. The predicted octanol–water partition coefficient (Wildman–Crippen LogP) is 1.66. The molecule has 0 radical (unpaired) electrons. The Bertz CT molecular complexity index is 267. The lowest BCUT2D eigenvalue weighted by molar-refractivity contribution is -0.141. The third-order valence-electron chi connectivity index (χ3n) is 2.47.